The van der Waals surface area contributed by atoms with E-state index in [1.807, 2.05) is 17.0 Å². The summed E-state index contributed by atoms with van der Waals surface area (Å²) in [6.45, 7) is 1.38. The summed E-state index contributed by atoms with van der Waals surface area (Å²) in [7, 11) is 0. The molecule has 0 aromatic heterocycles. The van der Waals surface area contributed by atoms with Gasteiger partial charge in [0.1, 0.15) is 0 Å². The maximum atomic E-state index is 12.2. The van der Waals surface area contributed by atoms with E-state index < -0.39 is 11.6 Å². The quantitative estimate of drug-likeness (QED) is 0.885. The number of aliphatic hydroxyl groups is 1. The van der Waals surface area contributed by atoms with Crippen LogP contribution in [0.5, 0.6) is 0 Å². The minimum atomic E-state index is -0.582. The SMILES string of the molecule is Cl.NC1(C(=O)N2CCC(C(O)c3ccc(Cl)cc3)CC2)CC1. The van der Waals surface area contributed by atoms with Gasteiger partial charge < -0.3 is 15.7 Å². The first-order valence-corrected chi connectivity index (χ1v) is 7.89. The van der Waals surface area contributed by atoms with Gasteiger partial charge in [-0.15, -0.1) is 12.4 Å². The number of aliphatic hydroxyl groups excluding tert-OH is 1. The van der Waals surface area contributed by atoms with Crippen LogP contribution < -0.4 is 5.73 Å². The largest absolute Gasteiger partial charge is 0.388 e. The standard InChI is InChI=1S/C16H21ClN2O2.ClH/c17-13-3-1-11(2-4-13)14(20)12-5-9-19(10-6-12)15(21)16(18)7-8-16;/h1-4,12,14,20H,5-10,18H2;1H. The molecular formula is C16H22Cl2N2O2. The number of nitrogens with two attached hydrogens (primary N) is 1. The van der Waals surface area contributed by atoms with E-state index in [0.717, 1.165) is 31.2 Å². The fourth-order valence-electron chi connectivity index (χ4n) is 3.01. The van der Waals surface area contributed by atoms with E-state index in [4.69, 9.17) is 17.3 Å². The van der Waals surface area contributed by atoms with Crippen LogP contribution in [0.25, 0.3) is 0 Å². The molecule has 3 rings (SSSR count). The summed E-state index contributed by atoms with van der Waals surface area (Å²) in [5, 5.41) is 11.1. The van der Waals surface area contributed by atoms with Gasteiger partial charge in [-0.05, 0) is 49.3 Å². The van der Waals surface area contributed by atoms with Gasteiger partial charge in [0.05, 0.1) is 11.6 Å². The van der Waals surface area contributed by atoms with Crippen molar-refractivity contribution in [1.82, 2.24) is 4.90 Å². The summed E-state index contributed by atoms with van der Waals surface area (Å²) in [6.07, 6.45) is 2.74. The molecule has 1 saturated heterocycles. The topological polar surface area (TPSA) is 66.6 Å². The van der Waals surface area contributed by atoms with Gasteiger partial charge in [-0.25, -0.2) is 0 Å². The number of piperidine rings is 1. The van der Waals surface area contributed by atoms with Crippen molar-refractivity contribution in [2.24, 2.45) is 11.7 Å². The molecule has 0 radical (unpaired) electrons. The highest BCUT2D eigenvalue weighted by Crippen LogP contribution is 2.37. The van der Waals surface area contributed by atoms with Crippen LogP contribution in [-0.4, -0.2) is 34.5 Å². The summed E-state index contributed by atoms with van der Waals surface area (Å²) in [5.41, 5.74) is 6.28. The molecule has 3 N–H and O–H groups in total. The lowest BCUT2D eigenvalue weighted by Crippen LogP contribution is -2.49. The van der Waals surface area contributed by atoms with Gasteiger partial charge in [-0.1, -0.05) is 23.7 Å². The highest BCUT2D eigenvalue weighted by atomic mass is 35.5. The van der Waals surface area contributed by atoms with Gasteiger partial charge in [-0.2, -0.15) is 0 Å². The molecule has 1 aromatic rings. The third kappa shape index (κ3) is 3.57. The Balaban J connectivity index is 0.00000176. The Hall–Kier alpha value is -0.810. The van der Waals surface area contributed by atoms with Crippen LogP contribution in [0.2, 0.25) is 5.02 Å². The minimum absolute atomic E-state index is 0. The molecule has 1 heterocycles. The predicted molar refractivity (Wildman–Crippen MR) is 89.1 cm³/mol. The van der Waals surface area contributed by atoms with Gasteiger partial charge in [0.25, 0.3) is 0 Å². The number of hydrogen-bond donors (Lipinski definition) is 2. The number of amides is 1. The van der Waals surface area contributed by atoms with Crippen molar-refractivity contribution in [1.29, 1.82) is 0 Å². The van der Waals surface area contributed by atoms with Gasteiger partial charge in [0, 0.05) is 18.1 Å². The van der Waals surface area contributed by atoms with E-state index in [2.05, 4.69) is 0 Å². The highest BCUT2D eigenvalue weighted by molar-refractivity contribution is 6.30. The summed E-state index contributed by atoms with van der Waals surface area (Å²) >= 11 is 5.87. The Morgan fingerprint density at radius 2 is 1.82 bits per heavy atom. The lowest BCUT2D eigenvalue weighted by atomic mass is 9.87. The van der Waals surface area contributed by atoms with Crippen LogP contribution in [0.1, 0.15) is 37.4 Å². The monoisotopic (exact) mass is 344 g/mol. The van der Waals surface area contributed by atoms with E-state index in [-0.39, 0.29) is 24.2 Å². The Bertz CT molecular complexity index is 523. The molecule has 2 fully saturated rings. The summed E-state index contributed by atoms with van der Waals surface area (Å²) in [6, 6.07) is 7.32. The van der Waals surface area contributed by atoms with Crippen LogP contribution in [-0.2, 0) is 4.79 Å². The van der Waals surface area contributed by atoms with Crippen LogP contribution in [0.3, 0.4) is 0 Å². The predicted octanol–water partition coefficient (Wildman–Crippen LogP) is 2.53. The van der Waals surface area contributed by atoms with E-state index in [1.54, 1.807) is 12.1 Å². The molecule has 1 aromatic carbocycles. The Morgan fingerprint density at radius 3 is 2.32 bits per heavy atom. The van der Waals surface area contributed by atoms with E-state index in [1.165, 1.54) is 0 Å². The minimum Gasteiger partial charge on any atom is -0.388 e. The zero-order chi connectivity index (χ0) is 15.0. The number of hydrogen-bond acceptors (Lipinski definition) is 3. The molecule has 2 aliphatic rings. The molecule has 1 unspecified atom stereocenters. The first-order chi connectivity index (χ1) is 9.99. The smallest absolute Gasteiger partial charge is 0.242 e. The molecule has 6 heteroatoms. The van der Waals surface area contributed by atoms with Crippen molar-refractivity contribution in [3.05, 3.63) is 34.9 Å². The fraction of sp³-hybridized carbons (Fsp3) is 0.562. The number of carbonyl (C=O) groups excluding carboxylic acids is 1. The molecule has 1 amide bonds. The molecule has 1 atom stereocenters. The van der Waals surface area contributed by atoms with Gasteiger partial charge in [0.15, 0.2) is 0 Å². The van der Waals surface area contributed by atoms with Crippen LogP contribution in [0, 0.1) is 5.92 Å². The number of halogens is 2. The molecule has 122 valence electrons. The van der Waals surface area contributed by atoms with Gasteiger partial charge in [-0.3, -0.25) is 4.79 Å². The van der Waals surface area contributed by atoms with Gasteiger partial charge in [0.2, 0.25) is 5.91 Å². The maximum absolute atomic E-state index is 12.2. The van der Waals surface area contributed by atoms with Crippen molar-refractivity contribution in [3.8, 4) is 0 Å². The second kappa shape index (κ2) is 6.75. The summed E-state index contributed by atoms with van der Waals surface area (Å²) < 4.78 is 0. The molecule has 1 aliphatic heterocycles. The fourth-order valence-corrected chi connectivity index (χ4v) is 3.14. The molecule has 0 bridgehead atoms. The van der Waals surface area contributed by atoms with Crippen molar-refractivity contribution < 1.29 is 9.90 Å². The van der Waals surface area contributed by atoms with Gasteiger partial charge >= 0.3 is 0 Å². The summed E-state index contributed by atoms with van der Waals surface area (Å²) in [4.78, 5) is 14.0. The van der Waals surface area contributed by atoms with Crippen LogP contribution in [0.15, 0.2) is 24.3 Å². The number of nitrogens with zero attached hydrogens (tertiary/aromatic N) is 1. The average molecular weight is 345 g/mol. The Morgan fingerprint density at radius 1 is 1.27 bits per heavy atom. The molecule has 0 spiro atoms. The number of benzene rings is 1. The zero-order valence-corrected chi connectivity index (χ0v) is 13.9. The molecule has 1 saturated carbocycles. The number of carbonyl (C=O) groups is 1. The van der Waals surface area contributed by atoms with Crippen molar-refractivity contribution in [2.45, 2.75) is 37.3 Å². The van der Waals surface area contributed by atoms with E-state index >= 15 is 0 Å². The Labute approximate surface area is 142 Å². The van der Waals surface area contributed by atoms with Crippen LogP contribution in [0.4, 0.5) is 0 Å². The summed E-state index contributed by atoms with van der Waals surface area (Å²) in [5.74, 6) is 0.269. The third-order valence-electron chi connectivity index (χ3n) is 4.70. The molecule has 4 nitrogen and oxygen atoms in total. The molecule has 22 heavy (non-hydrogen) atoms. The zero-order valence-electron chi connectivity index (χ0n) is 12.4. The lowest BCUT2D eigenvalue weighted by molar-refractivity contribution is -0.135. The first kappa shape index (κ1) is 17.5. The van der Waals surface area contributed by atoms with E-state index in [9.17, 15) is 9.90 Å². The normalized spacial score (nSPS) is 21.9. The first-order valence-electron chi connectivity index (χ1n) is 7.51. The Kier molecular flexibility index (Phi) is 5.38. The lowest BCUT2D eigenvalue weighted by Gasteiger charge is -2.35. The third-order valence-corrected chi connectivity index (χ3v) is 4.95. The number of rotatable bonds is 3. The second-order valence-electron chi connectivity index (χ2n) is 6.28. The van der Waals surface area contributed by atoms with Crippen molar-refractivity contribution in [3.63, 3.8) is 0 Å². The number of likely N-dealkylation sites (tertiary alicyclic amines) is 1. The van der Waals surface area contributed by atoms with Crippen molar-refractivity contribution >= 4 is 29.9 Å². The average Bonchev–Trinajstić information content (AvgIpc) is 3.26. The van der Waals surface area contributed by atoms with Crippen LogP contribution >= 0.6 is 24.0 Å². The highest BCUT2D eigenvalue weighted by Gasteiger charge is 2.48. The molecule has 1 aliphatic carbocycles. The van der Waals surface area contributed by atoms with E-state index in [0.29, 0.717) is 18.1 Å². The molecular weight excluding hydrogens is 323 g/mol. The maximum Gasteiger partial charge on any atom is 0.242 e. The second-order valence-corrected chi connectivity index (χ2v) is 6.72. The van der Waals surface area contributed by atoms with Crippen molar-refractivity contribution in [2.75, 3.05) is 13.1 Å².